The van der Waals surface area contributed by atoms with Crippen LogP contribution in [0.2, 0.25) is 0 Å². The van der Waals surface area contributed by atoms with Gasteiger partial charge in [-0.3, -0.25) is 9.78 Å². The van der Waals surface area contributed by atoms with Gasteiger partial charge in [-0.15, -0.1) is 0 Å². The van der Waals surface area contributed by atoms with Crippen LogP contribution in [0.5, 0.6) is 5.88 Å². The Morgan fingerprint density at radius 2 is 2.25 bits per heavy atom. The molecule has 28 heavy (non-hydrogen) atoms. The molecule has 0 N–H and O–H groups in total. The minimum atomic E-state index is 0.00168. The molecule has 1 atom stereocenters. The molecule has 0 aliphatic carbocycles. The molecular weight excluding hydrogens is 358 g/mol. The van der Waals surface area contributed by atoms with Crippen molar-refractivity contribution in [3.05, 3.63) is 54.2 Å². The second kappa shape index (κ2) is 8.16. The van der Waals surface area contributed by atoms with Crippen LogP contribution in [0, 0.1) is 0 Å². The Morgan fingerprint density at radius 1 is 1.32 bits per heavy atom. The van der Waals surface area contributed by atoms with Gasteiger partial charge in [-0.2, -0.15) is 4.98 Å². The topological polar surface area (TPSA) is 94.2 Å². The van der Waals surface area contributed by atoms with Crippen molar-refractivity contribution in [3.8, 4) is 17.3 Å². The van der Waals surface area contributed by atoms with Crippen LogP contribution in [0.3, 0.4) is 0 Å². The number of aromatic nitrogens is 4. The van der Waals surface area contributed by atoms with Crippen molar-refractivity contribution in [1.29, 1.82) is 0 Å². The number of amides is 1. The molecule has 0 aromatic carbocycles. The fourth-order valence-electron chi connectivity index (χ4n) is 3.45. The molecule has 3 aromatic rings. The number of aryl methyl sites for hydroxylation is 1. The molecule has 8 nitrogen and oxygen atoms in total. The fraction of sp³-hybridized carbons (Fsp3) is 0.350. The molecule has 1 aliphatic rings. The SMILES string of the molecule is COc1ccc(C(=O)N2CCCC2CCc2noc(-c3cccnc3)n2)cn1. The highest BCUT2D eigenvalue weighted by atomic mass is 16.5. The van der Waals surface area contributed by atoms with Gasteiger partial charge in [0.1, 0.15) is 0 Å². The minimum Gasteiger partial charge on any atom is -0.481 e. The highest BCUT2D eigenvalue weighted by Gasteiger charge is 2.29. The normalized spacial score (nSPS) is 16.3. The third kappa shape index (κ3) is 3.85. The first-order chi connectivity index (χ1) is 13.7. The predicted octanol–water partition coefficient (Wildman–Crippen LogP) is 2.77. The highest BCUT2D eigenvalue weighted by molar-refractivity contribution is 5.94. The van der Waals surface area contributed by atoms with Gasteiger partial charge >= 0.3 is 0 Å². The Balaban J connectivity index is 1.39. The number of nitrogens with zero attached hydrogens (tertiary/aromatic N) is 5. The Kier molecular flexibility index (Phi) is 5.27. The first-order valence-electron chi connectivity index (χ1n) is 9.28. The van der Waals surface area contributed by atoms with Crippen molar-refractivity contribution < 1.29 is 14.1 Å². The average Bonchev–Trinajstić information content (AvgIpc) is 3.42. The fourth-order valence-corrected chi connectivity index (χ4v) is 3.45. The Hall–Kier alpha value is -3.29. The predicted molar refractivity (Wildman–Crippen MR) is 101 cm³/mol. The number of likely N-dealkylation sites (tertiary alicyclic amines) is 1. The van der Waals surface area contributed by atoms with Gasteiger partial charge < -0.3 is 14.2 Å². The number of carbonyl (C=O) groups is 1. The number of carbonyl (C=O) groups excluding carboxylic acids is 1. The zero-order chi connectivity index (χ0) is 19.3. The first-order valence-corrected chi connectivity index (χ1v) is 9.28. The Morgan fingerprint density at radius 3 is 3.00 bits per heavy atom. The molecule has 1 unspecified atom stereocenters. The summed E-state index contributed by atoms with van der Waals surface area (Å²) in [7, 11) is 1.55. The number of hydrogen-bond donors (Lipinski definition) is 0. The van der Waals surface area contributed by atoms with E-state index in [1.165, 1.54) is 0 Å². The van der Waals surface area contributed by atoms with Gasteiger partial charge in [-0.05, 0) is 37.5 Å². The molecule has 4 heterocycles. The van der Waals surface area contributed by atoms with E-state index in [-0.39, 0.29) is 11.9 Å². The largest absolute Gasteiger partial charge is 0.481 e. The van der Waals surface area contributed by atoms with Crippen LogP contribution in [0.25, 0.3) is 11.5 Å². The molecule has 3 aromatic heterocycles. The van der Waals surface area contributed by atoms with E-state index in [0.717, 1.165) is 31.4 Å². The number of methoxy groups -OCH3 is 1. The Labute approximate surface area is 162 Å². The summed E-state index contributed by atoms with van der Waals surface area (Å²) in [5.41, 5.74) is 1.37. The van der Waals surface area contributed by atoms with E-state index in [0.29, 0.717) is 29.6 Å². The summed E-state index contributed by atoms with van der Waals surface area (Å²) < 4.78 is 10.4. The third-order valence-electron chi connectivity index (χ3n) is 4.91. The number of ether oxygens (including phenoxy) is 1. The lowest BCUT2D eigenvalue weighted by molar-refractivity contribution is 0.0729. The maximum atomic E-state index is 12.8. The smallest absolute Gasteiger partial charge is 0.259 e. The summed E-state index contributed by atoms with van der Waals surface area (Å²) >= 11 is 0. The molecule has 1 aliphatic heterocycles. The van der Waals surface area contributed by atoms with E-state index in [2.05, 4.69) is 20.1 Å². The van der Waals surface area contributed by atoms with Gasteiger partial charge in [-0.25, -0.2) is 4.98 Å². The summed E-state index contributed by atoms with van der Waals surface area (Å²) in [5, 5.41) is 4.06. The van der Waals surface area contributed by atoms with Gasteiger partial charge in [0, 0.05) is 43.7 Å². The summed E-state index contributed by atoms with van der Waals surface area (Å²) in [4.78, 5) is 27.4. The number of rotatable bonds is 6. The zero-order valence-corrected chi connectivity index (χ0v) is 15.6. The van der Waals surface area contributed by atoms with Gasteiger partial charge in [0.15, 0.2) is 5.82 Å². The molecule has 1 saturated heterocycles. The van der Waals surface area contributed by atoms with Gasteiger partial charge in [0.05, 0.1) is 18.2 Å². The average molecular weight is 379 g/mol. The van der Waals surface area contributed by atoms with Crippen LogP contribution in [0.15, 0.2) is 47.4 Å². The molecule has 0 spiro atoms. The molecular formula is C20H21N5O3. The van der Waals surface area contributed by atoms with Crippen molar-refractivity contribution in [2.75, 3.05) is 13.7 Å². The molecule has 8 heteroatoms. The third-order valence-corrected chi connectivity index (χ3v) is 4.91. The molecule has 144 valence electrons. The van der Waals surface area contributed by atoms with Crippen LogP contribution >= 0.6 is 0 Å². The van der Waals surface area contributed by atoms with Crippen molar-refractivity contribution >= 4 is 5.91 Å². The van der Waals surface area contributed by atoms with E-state index in [9.17, 15) is 4.79 Å². The van der Waals surface area contributed by atoms with Gasteiger partial charge in [0.2, 0.25) is 5.88 Å². The Bertz CT molecular complexity index is 927. The molecule has 4 rings (SSSR count). The standard InChI is InChI=1S/C20H21N5O3/c1-27-18-9-6-15(13-22-18)20(26)25-11-3-5-16(25)7-8-17-23-19(28-24-17)14-4-2-10-21-12-14/h2,4,6,9-10,12-13,16H,3,5,7-8,11H2,1H3. The monoisotopic (exact) mass is 379 g/mol. The number of pyridine rings is 2. The maximum absolute atomic E-state index is 12.8. The maximum Gasteiger partial charge on any atom is 0.259 e. The van der Waals surface area contributed by atoms with E-state index in [1.807, 2.05) is 17.0 Å². The molecule has 0 bridgehead atoms. The summed E-state index contributed by atoms with van der Waals surface area (Å²) in [6.45, 7) is 0.753. The van der Waals surface area contributed by atoms with E-state index in [1.54, 1.807) is 37.8 Å². The van der Waals surface area contributed by atoms with Crippen LogP contribution in [-0.4, -0.2) is 50.6 Å². The van der Waals surface area contributed by atoms with Gasteiger partial charge in [0.25, 0.3) is 11.8 Å². The molecule has 0 radical (unpaired) electrons. The van der Waals surface area contributed by atoms with Gasteiger partial charge in [-0.1, -0.05) is 5.16 Å². The van der Waals surface area contributed by atoms with Crippen LogP contribution in [0.1, 0.15) is 35.4 Å². The lowest BCUT2D eigenvalue weighted by atomic mass is 10.1. The minimum absolute atomic E-state index is 0.00168. The molecule has 1 amide bonds. The second-order valence-corrected chi connectivity index (χ2v) is 6.68. The van der Waals surface area contributed by atoms with E-state index in [4.69, 9.17) is 9.26 Å². The first kappa shape index (κ1) is 18.1. The van der Waals surface area contributed by atoms with Crippen LogP contribution < -0.4 is 4.74 Å². The summed E-state index contributed by atoms with van der Waals surface area (Å²) in [5.74, 6) is 1.61. The van der Waals surface area contributed by atoms with Crippen molar-refractivity contribution in [2.24, 2.45) is 0 Å². The summed E-state index contributed by atoms with van der Waals surface area (Å²) in [6.07, 6.45) is 8.37. The van der Waals surface area contributed by atoms with Crippen molar-refractivity contribution in [3.63, 3.8) is 0 Å². The van der Waals surface area contributed by atoms with Crippen LogP contribution in [-0.2, 0) is 6.42 Å². The van der Waals surface area contributed by atoms with E-state index < -0.39 is 0 Å². The lowest BCUT2D eigenvalue weighted by Crippen LogP contribution is -2.35. The highest BCUT2D eigenvalue weighted by Crippen LogP contribution is 2.24. The molecule has 1 fully saturated rings. The zero-order valence-electron chi connectivity index (χ0n) is 15.6. The quantitative estimate of drug-likeness (QED) is 0.650. The van der Waals surface area contributed by atoms with E-state index >= 15 is 0 Å². The molecule has 0 saturated carbocycles. The van der Waals surface area contributed by atoms with Crippen molar-refractivity contribution in [1.82, 2.24) is 25.0 Å². The lowest BCUT2D eigenvalue weighted by Gasteiger charge is -2.24. The number of hydrogen-bond acceptors (Lipinski definition) is 7. The van der Waals surface area contributed by atoms with Crippen LogP contribution in [0.4, 0.5) is 0 Å². The second-order valence-electron chi connectivity index (χ2n) is 6.68. The summed E-state index contributed by atoms with van der Waals surface area (Å²) in [6, 6.07) is 7.33. The van der Waals surface area contributed by atoms with Crippen molar-refractivity contribution in [2.45, 2.75) is 31.7 Å².